The summed E-state index contributed by atoms with van der Waals surface area (Å²) in [5, 5.41) is 4.71. The molecule has 2 saturated heterocycles. The molecule has 0 radical (unpaired) electrons. The summed E-state index contributed by atoms with van der Waals surface area (Å²) in [6.45, 7) is 8.13. The number of halogens is 5. The summed E-state index contributed by atoms with van der Waals surface area (Å²) >= 11 is 0. The molecule has 0 aromatic heterocycles. The van der Waals surface area contributed by atoms with Crippen molar-refractivity contribution in [1.82, 2.24) is 20.4 Å². The van der Waals surface area contributed by atoms with Gasteiger partial charge in [0.15, 0.2) is 0 Å². The molecular weight excluding hydrogens is 507 g/mol. The van der Waals surface area contributed by atoms with Gasteiger partial charge in [0.05, 0.1) is 25.8 Å². The lowest BCUT2D eigenvalue weighted by molar-refractivity contribution is -0.270. The Morgan fingerprint density at radius 1 is 0.892 bits per heavy atom. The topological polar surface area (TPSA) is 108 Å². The van der Waals surface area contributed by atoms with Crippen molar-refractivity contribution in [3.63, 3.8) is 0 Å². The Hall–Kier alpha value is -2.35. The summed E-state index contributed by atoms with van der Waals surface area (Å²) in [5.74, 6) is -11.5. The average molecular weight is 543 g/mol. The normalized spacial score (nSPS) is 21.2. The Balaban J connectivity index is 2.12. The molecule has 2 heterocycles. The Bertz CT molecular complexity index is 846. The van der Waals surface area contributed by atoms with Crippen molar-refractivity contribution in [3.8, 4) is 0 Å². The molecule has 2 aliphatic rings. The Morgan fingerprint density at radius 3 is 1.97 bits per heavy atom. The minimum absolute atomic E-state index is 0.0510. The first-order valence-electron chi connectivity index (χ1n) is 12.3. The lowest BCUT2D eigenvalue weighted by Crippen LogP contribution is -2.60. The number of carbonyl (C=O) groups is 4. The molecular formula is C23H35F5N4O5. The number of rotatable bonds is 10. The van der Waals surface area contributed by atoms with Crippen LogP contribution < -0.4 is 10.6 Å². The van der Waals surface area contributed by atoms with Gasteiger partial charge in [-0.2, -0.15) is 22.0 Å². The number of hydrogen-bond donors (Lipinski definition) is 2. The minimum Gasteiger partial charge on any atom is -0.379 e. The molecule has 212 valence electrons. The monoisotopic (exact) mass is 542 g/mol. The quantitative estimate of drug-likeness (QED) is 0.404. The van der Waals surface area contributed by atoms with Gasteiger partial charge in [0, 0.05) is 19.6 Å². The van der Waals surface area contributed by atoms with Gasteiger partial charge in [0.1, 0.15) is 12.1 Å². The molecule has 2 N–H and O–H groups in total. The molecule has 0 aromatic rings. The van der Waals surface area contributed by atoms with E-state index < -0.39 is 59.6 Å². The van der Waals surface area contributed by atoms with Gasteiger partial charge in [-0.1, -0.05) is 27.7 Å². The molecule has 0 saturated carbocycles. The zero-order valence-corrected chi connectivity index (χ0v) is 21.4. The fourth-order valence-corrected chi connectivity index (χ4v) is 4.30. The number of amides is 3. The van der Waals surface area contributed by atoms with Crippen LogP contribution in [0.4, 0.5) is 22.0 Å². The van der Waals surface area contributed by atoms with E-state index in [1.54, 1.807) is 13.8 Å². The lowest BCUT2D eigenvalue weighted by atomic mass is 9.95. The van der Waals surface area contributed by atoms with Gasteiger partial charge in [0.25, 0.3) is 0 Å². The van der Waals surface area contributed by atoms with E-state index in [-0.39, 0.29) is 25.4 Å². The van der Waals surface area contributed by atoms with Crippen LogP contribution in [-0.2, 0) is 23.9 Å². The van der Waals surface area contributed by atoms with E-state index in [0.717, 1.165) is 0 Å². The van der Waals surface area contributed by atoms with Crippen molar-refractivity contribution in [2.45, 2.75) is 70.8 Å². The number of hydrogen-bond acceptors (Lipinski definition) is 6. The lowest BCUT2D eigenvalue weighted by Gasteiger charge is -2.33. The third-order valence-corrected chi connectivity index (χ3v) is 6.47. The smallest absolute Gasteiger partial charge is 0.379 e. The van der Waals surface area contributed by atoms with Crippen LogP contribution in [0, 0.1) is 11.8 Å². The largest absolute Gasteiger partial charge is 0.461 e. The van der Waals surface area contributed by atoms with Crippen LogP contribution in [0.15, 0.2) is 0 Å². The van der Waals surface area contributed by atoms with Gasteiger partial charge in [-0.3, -0.25) is 24.1 Å². The van der Waals surface area contributed by atoms with Crippen LogP contribution in [0.5, 0.6) is 0 Å². The number of ether oxygens (including phenoxy) is 1. The maximum atomic E-state index is 13.7. The van der Waals surface area contributed by atoms with Crippen LogP contribution in [0.2, 0.25) is 0 Å². The molecule has 14 heteroatoms. The van der Waals surface area contributed by atoms with Gasteiger partial charge in [0.2, 0.25) is 23.5 Å². The summed E-state index contributed by atoms with van der Waals surface area (Å²) in [7, 11) is 0. The van der Waals surface area contributed by atoms with Crippen LogP contribution in [0.3, 0.4) is 0 Å². The molecule has 0 bridgehead atoms. The summed E-state index contributed by atoms with van der Waals surface area (Å²) in [5.41, 5.74) is 0. The van der Waals surface area contributed by atoms with Crippen molar-refractivity contribution in [3.05, 3.63) is 0 Å². The van der Waals surface area contributed by atoms with Gasteiger partial charge in [-0.15, -0.1) is 0 Å². The van der Waals surface area contributed by atoms with E-state index in [2.05, 4.69) is 5.32 Å². The molecule has 2 rings (SSSR count). The van der Waals surface area contributed by atoms with E-state index in [9.17, 15) is 41.1 Å². The maximum Gasteiger partial charge on any atom is 0.461 e. The number of nitrogens with zero attached hydrogens (tertiary/aromatic N) is 2. The highest BCUT2D eigenvalue weighted by Crippen LogP contribution is 2.37. The SMILES string of the molecule is CC(C)[C@H](NC(=O)CN1CCOCC1)C(=O)N1CCC[C@H]1C(=O)N[C@@H](C(=O)C(F)(F)C(F)(F)F)C(C)C. The molecule has 0 spiro atoms. The zero-order valence-electron chi connectivity index (χ0n) is 21.4. The summed E-state index contributed by atoms with van der Waals surface area (Å²) in [6.07, 6.45) is -5.62. The number of morpholine rings is 1. The zero-order chi connectivity index (χ0) is 28.1. The molecule has 3 atom stereocenters. The van der Waals surface area contributed by atoms with Gasteiger partial charge >= 0.3 is 12.1 Å². The molecule has 9 nitrogen and oxygen atoms in total. The minimum atomic E-state index is -6.11. The van der Waals surface area contributed by atoms with E-state index in [1.165, 1.54) is 18.7 Å². The average Bonchev–Trinajstić information content (AvgIpc) is 3.29. The Kier molecular flexibility index (Phi) is 10.4. The molecule has 2 fully saturated rings. The third-order valence-electron chi connectivity index (χ3n) is 6.47. The van der Waals surface area contributed by atoms with Crippen molar-refractivity contribution < 1.29 is 45.9 Å². The second-order valence-electron chi connectivity index (χ2n) is 10.0. The highest BCUT2D eigenvalue weighted by molar-refractivity contribution is 5.97. The summed E-state index contributed by atoms with van der Waals surface area (Å²) < 4.78 is 70.9. The van der Waals surface area contributed by atoms with Crippen LogP contribution in [0.25, 0.3) is 0 Å². The Labute approximate surface area is 212 Å². The van der Waals surface area contributed by atoms with E-state index in [1.807, 2.05) is 10.2 Å². The van der Waals surface area contributed by atoms with Crippen molar-refractivity contribution in [2.24, 2.45) is 11.8 Å². The van der Waals surface area contributed by atoms with E-state index in [0.29, 0.717) is 32.7 Å². The first-order valence-corrected chi connectivity index (χ1v) is 12.3. The predicted molar refractivity (Wildman–Crippen MR) is 122 cm³/mol. The predicted octanol–water partition coefficient (Wildman–Crippen LogP) is 1.36. The molecule has 0 aliphatic carbocycles. The number of alkyl halides is 5. The van der Waals surface area contributed by atoms with Crippen molar-refractivity contribution >= 4 is 23.5 Å². The highest BCUT2D eigenvalue weighted by atomic mass is 19.4. The van der Waals surface area contributed by atoms with Crippen molar-refractivity contribution in [1.29, 1.82) is 0 Å². The molecule has 3 amide bonds. The number of Topliss-reactive ketones (excluding diaryl/α,β-unsaturated/α-hetero) is 1. The maximum absolute atomic E-state index is 13.7. The second-order valence-corrected chi connectivity index (χ2v) is 10.0. The van der Waals surface area contributed by atoms with Crippen molar-refractivity contribution in [2.75, 3.05) is 39.4 Å². The van der Waals surface area contributed by atoms with Gasteiger partial charge < -0.3 is 20.3 Å². The highest BCUT2D eigenvalue weighted by Gasteiger charge is 2.64. The van der Waals surface area contributed by atoms with Crippen LogP contribution >= 0.6 is 0 Å². The summed E-state index contributed by atoms with van der Waals surface area (Å²) in [6, 6.07) is -4.28. The standard InChI is InChI=1S/C23H35F5N4O5/c1-13(2)17(19(34)22(24,25)23(26,27)28)30-20(35)15-6-5-7-32(15)21(36)18(14(3)4)29-16(33)12-31-8-10-37-11-9-31/h13-15,17-18H,5-12H2,1-4H3,(H,29,33)(H,30,35)/t15-,17+,18-/m0/s1. The molecule has 37 heavy (non-hydrogen) atoms. The Morgan fingerprint density at radius 2 is 1.46 bits per heavy atom. The number of likely N-dealkylation sites (tertiary alicyclic amines) is 1. The molecule has 2 aliphatic heterocycles. The molecule has 0 unspecified atom stereocenters. The van der Waals surface area contributed by atoms with Gasteiger partial charge in [-0.25, -0.2) is 0 Å². The van der Waals surface area contributed by atoms with E-state index >= 15 is 0 Å². The third kappa shape index (κ3) is 7.59. The second kappa shape index (κ2) is 12.5. The van der Waals surface area contributed by atoms with Gasteiger partial charge in [-0.05, 0) is 24.7 Å². The first-order chi connectivity index (χ1) is 17.1. The van der Waals surface area contributed by atoms with Crippen LogP contribution in [-0.4, -0.2) is 103 Å². The number of carbonyl (C=O) groups excluding carboxylic acids is 4. The number of ketones is 1. The first kappa shape index (κ1) is 30.9. The fourth-order valence-electron chi connectivity index (χ4n) is 4.30. The fraction of sp³-hybridized carbons (Fsp3) is 0.826. The summed E-state index contributed by atoms with van der Waals surface area (Å²) in [4.78, 5) is 54.0. The van der Waals surface area contributed by atoms with Crippen LogP contribution in [0.1, 0.15) is 40.5 Å². The number of nitrogens with one attached hydrogen (secondary N) is 2. The van der Waals surface area contributed by atoms with E-state index in [4.69, 9.17) is 4.74 Å². The molecule has 0 aromatic carbocycles.